The zero-order chi connectivity index (χ0) is 22.1. The van der Waals surface area contributed by atoms with Gasteiger partial charge in [-0.15, -0.1) is 0 Å². The van der Waals surface area contributed by atoms with E-state index in [1.807, 2.05) is 28.7 Å². The van der Waals surface area contributed by atoms with Gasteiger partial charge in [0.05, 0.1) is 19.7 Å². The average molecular weight is 676 g/mol. The number of anilines is 1. The van der Waals surface area contributed by atoms with Gasteiger partial charge in [0.15, 0.2) is 0 Å². The van der Waals surface area contributed by atoms with Crippen LogP contribution in [0.2, 0.25) is 5.02 Å². The average Bonchev–Trinajstić information content (AvgIpc) is 2.67. The first-order valence-electron chi connectivity index (χ1n) is 8.18. The van der Waals surface area contributed by atoms with E-state index in [4.69, 9.17) is 28.6 Å². The Morgan fingerprint density at radius 3 is 2.50 bits per heavy atom. The Bertz CT molecular complexity index is 1130. The number of aromatic hydroxyl groups is 1. The third-order valence-electron chi connectivity index (χ3n) is 3.85. The highest BCUT2D eigenvalue weighted by Crippen LogP contribution is 2.36. The number of ether oxygens (including phenoxy) is 1. The minimum Gasteiger partial charge on any atom is -0.506 e. The molecule has 0 saturated carbocycles. The summed E-state index contributed by atoms with van der Waals surface area (Å²) < 4.78 is 45.9. The van der Waals surface area contributed by atoms with Crippen LogP contribution in [0.1, 0.15) is 11.1 Å². The lowest BCUT2D eigenvalue weighted by atomic mass is 10.2. The zero-order valence-electron chi connectivity index (χ0n) is 14.7. The summed E-state index contributed by atoms with van der Waals surface area (Å²) in [4.78, 5) is 0.274. The highest BCUT2D eigenvalue weighted by atomic mass is 127. The summed E-state index contributed by atoms with van der Waals surface area (Å²) in [6, 6.07) is 12.8. The third kappa shape index (κ3) is 5.68. The number of halogens is 6. The number of hydrogen-bond donors (Lipinski definition) is 2. The highest BCUT2D eigenvalue weighted by molar-refractivity contribution is 14.1. The SMILES string of the molecule is Oc1c(I)cc(I)cc1C(=S)Nc1ccc(Cl)c(Oc2cccc(C(F)(F)F)c2)c1. The molecule has 3 aromatic rings. The molecule has 0 aromatic heterocycles. The molecule has 3 aromatic carbocycles. The quantitative estimate of drug-likeness (QED) is 0.219. The summed E-state index contributed by atoms with van der Waals surface area (Å²) >= 11 is 15.7. The van der Waals surface area contributed by atoms with Crippen molar-refractivity contribution in [1.29, 1.82) is 0 Å². The van der Waals surface area contributed by atoms with Crippen molar-refractivity contribution in [2.24, 2.45) is 0 Å². The Hall–Kier alpha value is -1.31. The molecule has 10 heteroatoms. The summed E-state index contributed by atoms with van der Waals surface area (Å²) in [5.74, 6) is 0.212. The predicted octanol–water partition coefficient (Wildman–Crippen LogP) is 7.85. The van der Waals surface area contributed by atoms with Gasteiger partial charge < -0.3 is 15.2 Å². The molecule has 0 aliphatic rings. The van der Waals surface area contributed by atoms with Gasteiger partial charge in [0.2, 0.25) is 0 Å². The molecule has 0 aliphatic heterocycles. The van der Waals surface area contributed by atoms with Crippen molar-refractivity contribution >= 4 is 79.7 Å². The van der Waals surface area contributed by atoms with Crippen molar-refractivity contribution in [2.75, 3.05) is 5.32 Å². The van der Waals surface area contributed by atoms with Crippen LogP contribution in [-0.4, -0.2) is 10.1 Å². The molecule has 0 radical (unpaired) electrons. The molecular weight excluding hydrogens is 665 g/mol. The van der Waals surface area contributed by atoms with E-state index in [0.717, 1.165) is 15.7 Å². The molecule has 30 heavy (non-hydrogen) atoms. The molecule has 0 atom stereocenters. The van der Waals surface area contributed by atoms with Gasteiger partial charge in [-0.05, 0) is 87.6 Å². The first-order valence-corrected chi connectivity index (χ1v) is 11.1. The van der Waals surface area contributed by atoms with Crippen LogP contribution >= 0.6 is 69.0 Å². The lowest BCUT2D eigenvalue weighted by Gasteiger charge is -2.14. The summed E-state index contributed by atoms with van der Waals surface area (Å²) in [6.45, 7) is 0. The fourth-order valence-electron chi connectivity index (χ4n) is 2.46. The van der Waals surface area contributed by atoms with Crippen molar-refractivity contribution in [3.05, 3.63) is 77.9 Å². The van der Waals surface area contributed by atoms with Gasteiger partial charge in [-0.25, -0.2) is 0 Å². The van der Waals surface area contributed by atoms with Crippen LogP contribution < -0.4 is 10.1 Å². The van der Waals surface area contributed by atoms with Gasteiger partial charge in [0.25, 0.3) is 0 Å². The summed E-state index contributed by atoms with van der Waals surface area (Å²) in [6.07, 6.45) is -4.48. The molecule has 0 spiro atoms. The van der Waals surface area contributed by atoms with Gasteiger partial charge in [-0.2, -0.15) is 13.2 Å². The first kappa shape index (κ1) is 23.4. The van der Waals surface area contributed by atoms with E-state index in [-0.39, 0.29) is 27.3 Å². The molecule has 0 fully saturated rings. The molecular formula is C20H11ClF3I2NO2S. The maximum Gasteiger partial charge on any atom is 0.416 e. The molecule has 2 N–H and O–H groups in total. The van der Waals surface area contributed by atoms with E-state index in [1.54, 1.807) is 12.1 Å². The van der Waals surface area contributed by atoms with Crippen LogP contribution in [0.5, 0.6) is 17.2 Å². The fraction of sp³-hybridized carbons (Fsp3) is 0.0500. The van der Waals surface area contributed by atoms with Crippen LogP contribution in [0.4, 0.5) is 18.9 Å². The van der Waals surface area contributed by atoms with Crippen molar-refractivity contribution in [3.63, 3.8) is 0 Å². The molecule has 0 saturated heterocycles. The monoisotopic (exact) mass is 675 g/mol. The summed E-state index contributed by atoms with van der Waals surface area (Å²) in [5.41, 5.74) is 0.131. The maximum atomic E-state index is 12.9. The van der Waals surface area contributed by atoms with Crippen LogP contribution in [0.15, 0.2) is 54.6 Å². The topological polar surface area (TPSA) is 41.5 Å². The Kier molecular flexibility index (Phi) is 7.36. The number of thiocarbonyl (C=S) groups is 1. The number of phenols is 1. The van der Waals surface area contributed by atoms with E-state index < -0.39 is 11.7 Å². The first-order chi connectivity index (χ1) is 14.0. The number of phenolic OH excluding ortho intramolecular Hbond substituents is 1. The zero-order valence-corrected chi connectivity index (χ0v) is 20.6. The predicted molar refractivity (Wildman–Crippen MR) is 132 cm³/mol. The van der Waals surface area contributed by atoms with Crippen LogP contribution in [-0.2, 0) is 6.18 Å². The second-order valence-corrected chi connectivity index (χ2v) is 9.23. The minimum atomic E-state index is -4.48. The number of benzene rings is 3. The van der Waals surface area contributed by atoms with Crippen LogP contribution in [0.3, 0.4) is 0 Å². The minimum absolute atomic E-state index is 0.00346. The van der Waals surface area contributed by atoms with Crippen molar-refractivity contribution in [1.82, 2.24) is 0 Å². The second-order valence-electron chi connectivity index (χ2n) is 6.01. The Morgan fingerprint density at radius 1 is 1.07 bits per heavy atom. The molecule has 0 heterocycles. The highest BCUT2D eigenvalue weighted by Gasteiger charge is 2.30. The van der Waals surface area contributed by atoms with E-state index in [2.05, 4.69) is 27.9 Å². The Morgan fingerprint density at radius 2 is 1.80 bits per heavy atom. The Labute approximate surface area is 207 Å². The lowest BCUT2D eigenvalue weighted by molar-refractivity contribution is -0.137. The summed E-state index contributed by atoms with van der Waals surface area (Å²) in [5, 5.41) is 13.5. The molecule has 0 amide bonds. The van der Waals surface area contributed by atoms with E-state index >= 15 is 0 Å². The van der Waals surface area contributed by atoms with Crippen LogP contribution in [0, 0.1) is 7.14 Å². The largest absolute Gasteiger partial charge is 0.506 e. The standard InChI is InChI=1S/C20H11ClF3I2NO2S/c21-15-5-4-12(27-19(30)14-7-11(25)8-16(26)18(14)28)9-17(15)29-13-3-1-2-10(6-13)20(22,23)24/h1-9,28H,(H,27,30). The van der Waals surface area contributed by atoms with Gasteiger partial charge in [-0.1, -0.05) is 29.9 Å². The molecule has 0 bridgehead atoms. The Balaban J connectivity index is 1.85. The molecule has 0 aliphatic carbocycles. The maximum absolute atomic E-state index is 12.9. The van der Waals surface area contributed by atoms with Crippen molar-refractivity contribution in [2.45, 2.75) is 6.18 Å². The van der Waals surface area contributed by atoms with Crippen molar-refractivity contribution in [3.8, 4) is 17.2 Å². The number of rotatable bonds is 4. The van der Waals surface area contributed by atoms with Gasteiger partial charge in [0.1, 0.15) is 22.2 Å². The number of alkyl halides is 3. The van der Waals surface area contributed by atoms with Gasteiger partial charge in [-0.3, -0.25) is 0 Å². The van der Waals surface area contributed by atoms with E-state index in [1.165, 1.54) is 24.3 Å². The van der Waals surface area contributed by atoms with Crippen molar-refractivity contribution < 1.29 is 23.0 Å². The van der Waals surface area contributed by atoms with E-state index in [0.29, 0.717) is 14.8 Å². The van der Waals surface area contributed by atoms with E-state index in [9.17, 15) is 18.3 Å². The number of nitrogens with one attached hydrogen (secondary N) is 1. The fourth-order valence-corrected chi connectivity index (χ4v) is 4.73. The molecule has 3 nitrogen and oxygen atoms in total. The van der Waals surface area contributed by atoms with Gasteiger partial charge >= 0.3 is 6.18 Å². The molecule has 0 unspecified atom stereocenters. The second kappa shape index (κ2) is 9.45. The molecule has 3 rings (SSSR count). The smallest absolute Gasteiger partial charge is 0.416 e. The molecule has 156 valence electrons. The third-order valence-corrected chi connectivity index (χ3v) is 5.93. The van der Waals surface area contributed by atoms with Gasteiger partial charge in [0, 0.05) is 15.3 Å². The number of hydrogen-bond acceptors (Lipinski definition) is 3. The lowest BCUT2D eigenvalue weighted by Crippen LogP contribution is -2.11. The summed E-state index contributed by atoms with van der Waals surface area (Å²) in [7, 11) is 0. The normalized spacial score (nSPS) is 11.3. The van der Waals surface area contributed by atoms with Crippen LogP contribution in [0.25, 0.3) is 0 Å².